The van der Waals surface area contributed by atoms with E-state index >= 15 is 0 Å². The number of ketones is 1. The molecule has 0 unspecified atom stereocenters. The highest BCUT2D eigenvalue weighted by Gasteiger charge is 2.32. The molecule has 0 bridgehead atoms. The maximum Gasteiger partial charge on any atom is 0.232 e. The first-order chi connectivity index (χ1) is 14.5. The van der Waals surface area contributed by atoms with Gasteiger partial charge in [-0.15, -0.1) is 0 Å². The first-order valence-corrected chi connectivity index (χ1v) is 11.1. The van der Waals surface area contributed by atoms with E-state index in [1.807, 2.05) is 24.3 Å². The van der Waals surface area contributed by atoms with E-state index in [4.69, 9.17) is 9.15 Å². The number of ether oxygens (including phenoxy) is 1. The molecule has 0 amide bonds. The summed E-state index contributed by atoms with van der Waals surface area (Å²) in [6.07, 6.45) is 3.93. The van der Waals surface area contributed by atoms with Crippen LogP contribution in [0.3, 0.4) is 0 Å². The molecule has 6 heteroatoms. The van der Waals surface area contributed by atoms with Gasteiger partial charge in [-0.25, -0.2) is 0 Å². The van der Waals surface area contributed by atoms with Crippen molar-refractivity contribution >= 4 is 38.8 Å². The molecule has 0 saturated carbocycles. The van der Waals surface area contributed by atoms with Gasteiger partial charge in [0.05, 0.1) is 18.7 Å². The van der Waals surface area contributed by atoms with Crippen molar-refractivity contribution in [3.63, 3.8) is 0 Å². The molecule has 2 aliphatic heterocycles. The topological polar surface area (TPSA) is 66.9 Å². The molecule has 0 spiro atoms. The Morgan fingerprint density at radius 2 is 2.00 bits per heavy atom. The summed E-state index contributed by atoms with van der Waals surface area (Å²) >= 11 is 3.45. The molecular formula is C24H22BrNO4. The van der Waals surface area contributed by atoms with Gasteiger partial charge in [0.2, 0.25) is 5.78 Å². The SMILES string of the molecule is CC1CC[NH+](Cc2c([O-])ccc3c2OC(=Cc2cc4cc(Br)ccc4o2)C3=O)CC1. The number of hydrogen-bond donors (Lipinski definition) is 1. The van der Waals surface area contributed by atoms with Gasteiger partial charge in [-0.2, -0.15) is 0 Å². The van der Waals surface area contributed by atoms with Gasteiger partial charge in [-0.3, -0.25) is 4.79 Å². The third kappa shape index (κ3) is 3.55. The van der Waals surface area contributed by atoms with Crippen LogP contribution in [0.4, 0.5) is 0 Å². The van der Waals surface area contributed by atoms with Gasteiger partial charge in [-0.1, -0.05) is 34.7 Å². The number of carbonyl (C=O) groups excluding carboxylic acids is 1. The van der Waals surface area contributed by atoms with E-state index in [2.05, 4.69) is 22.9 Å². The Hall–Kier alpha value is -2.57. The Kier molecular flexibility index (Phi) is 4.91. The van der Waals surface area contributed by atoms with Crippen LogP contribution in [0.15, 0.2) is 51.0 Å². The standard InChI is InChI=1S/C24H22BrNO4/c1-14-6-8-26(9-7-14)13-19-20(27)4-3-18-23(28)22(30-24(18)19)12-17-11-15-10-16(25)2-5-21(15)29-17/h2-5,10-12,14,27H,6-9,13H2,1H3. The average molecular weight is 468 g/mol. The number of benzene rings is 2. The number of nitrogens with one attached hydrogen (secondary N) is 1. The number of quaternary nitrogens is 1. The fraction of sp³-hybridized carbons (Fsp3) is 0.292. The van der Waals surface area contributed by atoms with Crippen molar-refractivity contribution in [2.24, 2.45) is 5.92 Å². The van der Waals surface area contributed by atoms with Gasteiger partial charge in [0, 0.05) is 21.5 Å². The largest absolute Gasteiger partial charge is 0.872 e. The number of hydrogen-bond acceptors (Lipinski definition) is 4. The molecule has 3 aromatic rings. The molecule has 0 aliphatic carbocycles. The minimum Gasteiger partial charge on any atom is -0.872 e. The van der Waals surface area contributed by atoms with Crippen LogP contribution in [0.1, 0.15) is 41.4 Å². The molecule has 2 aliphatic rings. The number of fused-ring (bicyclic) bond motifs is 2. The normalized spacial score (nSPS) is 22.5. The second kappa shape index (κ2) is 7.60. The van der Waals surface area contributed by atoms with Gasteiger partial charge in [0.25, 0.3) is 0 Å². The molecule has 5 nitrogen and oxygen atoms in total. The van der Waals surface area contributed by atoms with Gasteiger partial charge < -0.3 is 19.2 Å². The maximum atomic E-state index is 12.9. The summed E-state index contributed by atoms with van der Waals surface area (Å²) in [6.45, 7) is 4.94. The number of rotatable bonds is 3. The highest BCUT2D eigenvalue weighted by molar-refractivity contribution is 9.10. The lowest BCUT2D eigenvalue weighted by Crippen LogP contribution is -3.11. The van der Waals surface area contributed by atoms with Crippen molar-refractivity contribution < 1.29 is 24.0 Å². The first kappa shape index (κ1) is 19.4. The molecule has 0 radical (unpaired) electrons. The van der Waals surface area contributed by atoms with Gasteiger partial charge in [-0.05, 0) is 49.1 Å². The van der Waals surface area contributed by atoms with Crippen molar-refractivity contribution in [1.29, 1.82) is 0 Å². The van der Waals surface area contributed by atoms with E-state index < -0.39 is 0 Å². The van der Waals surface area contributed by atoms with Gasteiger partial charge in [0.15, 0.2) is 5.76 Å². The average Bonchev–Trinajstić information content (AvgIpc) is 3.26. The number of carbonyl (C=O) groups is 1. The van der Waals surface area contributed by atoms with Crippen molar-refractivity contribution in [1.82, 2.24) is 0 Å². The first-order valence-electron chi connectivity index (χ1n) is 10.3. The Bertz CT molecular complexity index is 1170. The lowest BCUT2D eigenvalue weighted by molar-refractivity contribution is -0.919. The van der Waals surface area contributed by atoms with E-state index in [9.17, 15) is 9.90 Å². The summed E-state index contributed by atoms with van der Waals surface area (Å²) in [7, 11) is 0. The monoisotopic (exact) mass is 467 g/mol. The number of furan rings is 1. The zero-order valence-corrected chi connectivity index (χ0v) is 18.3. The fourth-order valence-electron chi connectivity index (χ4n) is 4.29. The number of Topliss-reactive ketones (excluding diaryl/α,β-unsaturated/α-hetero) is 1. The summed E-state index contributed by atoms with van der Waals surface area (Å²) < 4.78 is 12.7. The molecule has 1 saturated heterocycles. The van der Waals surface area contributed by atoms with Crippen molar-refractivity contribution in [2.45, 2.75) is 26.3 Å². The summed E-state index contributed by atoms with van der Waals surface area (Å²) in [4.78, 5) is 14.3. The van der Waals surface area contributed by atoms with E-state index in [0.717, 1.165) is 47.3 Å². The molecule has 1 fully saturated rings. The zero-order chi connectivity index (χ0) is 20.8. The van der Waals surface area contributed by atoms with Crippen LogP contribution in [0.2, 0.25) is 0 Å². The predicted octanol–water partition coefficient (Wildman–Crippen LogP) is 3.70. The quantitative estimate of drug-likeness (QED) is 0.596. The Morgan fingerprint density at radius 1 is 1.20 bits per heavy atom. The molecule has 2 aromatic carbocycles. The van der Waals surface area contributed by atoms with Crippen molar-refractivity contribution in [3.8, 4) is 11.5 Å². The van der Waals surface area contributed by atoms with Crippen LogP contribution < -0.4 is 14.7 Å². The Morgan fingerprint density at radius 3 is 2.80 bits per heavy atom. The Labute approximate surface area is 183 Å². The number of allylic oxidation sites excluding steroid dienone is 1. The molecule has 1 N–H and O–H groups in total. The summed E-state index contributed by atoms with van der Waals surface area (Å²) in [5, 5.41) is 13.5. The van der Waals surface area contributed by atoms with Crippen LogP contribution >= 0.6 is 15.9 Å². The summed E-state index contributed by atoms with van der Waals surface area (Å²) in [5.41, 5.74) is 1.79. The van der Waals surface area contributed by atoms with E-state index in [0.29, 0.717) is 29.2 Å². The molecular weight excluding hydrogens is 446 g/mol. The minimum absolute atomic E-state index is 0.0671. The maximum absolute atomic E-state index is 12.9. The van der Waals surface area contributed by atoms with Crippen LogP contribution in [0.25, 0.3) is 17.0 Å². The second-order valence-electron chi connectivity index (χ2n) is 8.30. The number of halogens is 1. The molecule has 30 heavy (non-hydrogen) atoms. The van der Waals surface area contributed by atoms with Crippen LogP contribution in [0, 0.1) is 5.92 Å². The zero-order valence-electron chi connectivity index (χ0n) is 16.7. The number of likely N-dealkylation sites (tertiary alicyclic amines) is 1. The minimum atomic E-state index is -0.213. The van der Waals surface area contributed by atoms with Crippen LogP contribution in [-0.2, 0) is 6.54 Å². The molecule has 0 atom stereocenters. The summed E-state index contributed by atoms with van der Waals surface area (Å²) in [5.74, 6) is 1.61. The molecule has 154 valence electrons. The van der Waals surface area contributed by atoms with E-state index in [-0.39, 0.29) is 17.3 Å². The predicted molar refractivity (Wildman–Crippen MR) is 116 cm³/mol. The fourth-order valence-corrected chi connectivity index (χ4v) is 4.67. The third-order valence-electron chi connectivity index (χ3n) is 6.08. The summed E-state index contributed by atoms with van der Waals surface area (Å²) in [6, 6.07) is 10.7. The van der Waals surface area contributed by atoms with E-state index in [1.165, 1.54) is 11.0 Å². The number of piperidine rings is 1. The third-order valence-corrected chi connectivity index (χ3v) is 6.57. The Balaban J connectivity index is 1.45. The van der Waals surface area contributed by atoms with Crippen LogP contribution in [-0.4, -0.2) is 18.9 Å². The highest BCUT2D eigenvalue weighted by Crippen LogP contribution is 2.38. The van der Waals surface area contributed by atoms with Crippen molar-refractivity contribution in [2.75, 3.05) is 13.1 Å². The lowest BCUT2D eigenvalue weighted by Gasteiger charge is -2.29. The van der Waals surface area contributed by atoms with Crippen LogP contribution in [0.5, 0.6) is 11.5 Å². The van der Waals surface area contributed by atoms with Gasteiger partial charge in [0.1, 0.15) is 23.6 Å². The van der Waals surface area contributed by atoms with Crippen molar-refractivity contribution in [3.05, 3.63) is 63.5 Å². The molecule has 5 rings (SSSR count). The van der Waals surface area contributed by atoms with E-state index in [1.54, 1.807) is 12.1 Å². The second-order valence-corrected chi connectivity index (χ2v) is 9.21. The molecule has 3 heterocycles. The highest BCUT2D eigenvalue weighted by atomic mass is 79.9. The molecule has 1 aromatic heterocycles. The lowest BCUT2D eigenvalue weighted by atomic mass is 9.98. The smallest absolute Gasteiger partial charge is 0.232 e. The van der Waals surface area contributed by atoms with Gasteiger partial charge >= 0.3 is 0 Å².